The summed E-state index contributed by atoms with van der Waals surface area (Å²) in [6.45, 7) is 5.78. The van der Waals surface area contributed by atoms with Crippen LogP contribution in [-0.4, -0.2) is 54.9 Å². The van der Waals surface area contributed by atoms with Crippen LogP contribution in [0, 0.1) is 13.8 Å². The molecule has 0 radical (unpaired) electrons. The van der Waals surface area contributed by atoms with E-state index in [1.54, 1.807) is 14.0 Å². The molecule has 1 aromatic heterocycles. The van der Waals surface area contributed by atoms with Crippen LogP contribution in [0.5, 0.6) is 5.75 Å². The number of methoxy groups -OCH3 is 1. The lowest BCUT2D eigenvalue weighted by Gasteiger charge is -2.17. The quantitative estimate of drug-likeness (QED) is 0.557. The molecule has 150 valence electrons. The molecule has 2 rings (SSSR count). The van der Waals surface area contributed by atoms with Crippen molar-refractivity contribution in [2.24, 2.45) is 0 Å². The molecule has 1 amide bonds. The first-order chi connectivity index (χ1) is 13.2. The number of H-pyrrole nitrogens is 1. The Bertz CT molecular complexity index is 885. The molecule has 0 atom stereocenters. The van der Waals surface area contributed by atoms with Crippen LogP contribution < -0.4 is 4.74 Å². The van der Waals surface area contributed by atoms with Crippen molar-refractivity contribution in [2.75, 3.05) is 27.3 Å². The van der Waals surface area contributed by atoms with E-state index >= 15 is 0 Å². The lowest BCUT2D eigenvalue weighted by molar-refractivity contribution is -0.129. The summed E-state index contributed by atoms with van der Waals surface area (Å²) in [4.78, 5) is 40.9. The largest absolute Gasteiger partial charge is 0.492 e. The number of aryl methyl sites for hydroxylation is 1. The molecule has 0 saturated heterocycles. The predicted molar refractivity (Wildman–Crippen MR) is 105 cm³/mol. The number of nitrogens with one attached hydrogen (secondary N) is 1. The zero-order valence-electron chi connectivity index (χ0n) is 16.9. The van der Waals surface area contributed by atoms with Crippen molar-refractivity contribution >= 4 is 17.7 Å². The number of benzene rings is 1. The SMILES string of the molecule is COC(=O)c1c(CC(=O)N(C)CCOc2cccc(C)c2)[nH]c(C(C)=O)c1C. The molecule has 0 fully saturated rings. The maximum atomic E-state index is 12.6. The molecular weight excluding hydrogens is 360 g/mol. The van der Waals surface area contributed by atoms with E-state index in [0.29, 0.717) is 30.1 Å². The minimum Gasteiger partial charge on any atom is -0.492 e. The van der Waals surface area contributed by atoms with E-state index < -0.39 is 5.97 Å². The van der Waals surface area contributed by atoms with Gasteiger partial charge in [-0.1, -0.05) is 12.1 Å². The van der Waals surface area contributed by atoms with Crippen LogP contribution in [0.3, 0.4) is 0 Å². The second kappa shape index (κ2) is 9.21. The lowest BCUT2D eigenvalue weighted by Crippen LogP contribution is -2.32. The summed E-state index contributed by atoms with van der Waals surface area (Å²) < 4.78 is 10.5. The molecule has 2 aromatic rings. The molecule has 7 heteroatoms. The van der Waals surface area contributed by atoms with E-state index in [1.165, 1.54) is 18.9 Å². The number of aromatic amines is 1. The maximum absolute atomic E-state index is 12.6. The number of ketones is 1. The van der Waals surface area contributed by atoms with Crippen LogP contribution in [0.1, 0.15) is 44.6 Å². The molecule has 0 bridgehead atoms. The zero-order valence-corrected chi connectivity index (χ0v) is 16.9. The van der Waals surface area contributed by atoms with Crippen molar-refractivity contribution in [1.82, 2.24) is 9.88 Å². The number of ether oxygens (including phenoxy) is 2. The average molecular weight is 386 g/mol. The van der Waals surface area contributed by atoms with Crippen molar-refractivity contribution in [3.8, 4) is 5.75 Å². The third-order valence-corrected chi connectivity index (χ3v) is 4.51. The molecule has 0 aliphatic rings. The highest BCUT2D eigenvalue weighted by Crippen LogP contribution is 2.21. The third-order valence-electron chi connectivity index (χ3n) is 4.51. The highest BCUT2D eigenvalue weighted by atomic mass is 16.5. The highest BCUT2D eigenvalue weighted by molar-refractivity contribution is 6.01. The first kappa shape index (κ1) is 21.2. The summed E-state index contributed by atoms with van der Waals surface area (Å²) in [5.41, 5.74) is 2.53. The number of carbonyl (C=O) groups excluding carboxylic acids is 3. The number of amides is 1. The number of carbonyl (C=O) groups is 3. The van der Waals surface area contributed by atoms with Gasteiger partial charge in [0.15, 0.2) is 5.78 Å². The fraction of sp³-hybridized carbons (Fsp3) is 0.381. The zero-order chi connectivity index (χ0) is 20.8. The van der Waals surface area contributed by atoms with Crippen molar-refractivity contribution in [1.29, 1.82) is 0 Å². The smallest absolute Gasteiger partial charge is 0.339 e. The third kappa shape index (κ3) is 5.00. The van der Waals surface area contributed by atoms with Gasteiger partial charge in [0.25, 0.3) is 0 Å². The Kier molecular flexibility index (Phi) is 6.98. The van der Waals surface area contributed by atoms with E-state index in [0.717, 1.165) is 11.3 Å². The standard InChI is InChI=1S/C21H26N2O5/c1-13-7-6-8-16(11-13)28-10-9-23(4)18(25)12-17-19(21(26)27-5)14(2)20(22-17)15(3)24/h6-8,11,22H,9-10,12H2,1-5H3. The molecule has 0 aliphatic carbocycles. The summed E-state index contributed by atoms with van der Waals surface area (Å²) in [6, 6.07) is 7.68. The van der Waals surface area contributed by atoms with Gasteiger partial charge in [0.2, 0.25) is 5.91 Å². The van der Waals surface area contributed by atoms with Crippen LogP contribution in [0.25, 0.3) is 0 Å². The molecule has 1 aromatic carbocycles. The van der Waals surface area contributed by atoms with Gasteiger partial charge in [-0.05, 0) is 37.1 Å². The molecule has 0 unspecified atom stereocenters. The van der Waals surface area contributed by atoms with Gasteiger partial charge in [-0.2, -0.15) is 0 Å². The second-order valence-corrected chi connectivity index (χ2v) is 6.68. The van der Waals surface area contributed by atoms with Crippen molar-refractivity contribution in [3.63, 3.8) is 0 Å². The van der Waals surface area contributed by atoms with Crippen LogP contribution in [0.2, 0.25) is 0 Å². The van der Waals surface area contributed by atoms with Crippen molar-refractivity contribution in [2.45, 2.75) is 27.2 Å². The van der Waals surface area contributed by atoms with Crippen molar-refractivity contribution < 1.29 is 23.9 Å². The first-order valence-corrected chi connectivity index (χ1v) is 8.98. The lowest BCUT2D eigenvalue weighted by atomic mass is 10.1. The number of hydrogen-bond donors (Lipinski definition) is 1. The van der Waals surface area contributed by atoms with E-state index in [-0.39, 0.29) is 23.7 Å². The van der Waals surface area contributed by atoms with Crippen LogP contribution >= 0.6 is 0 Å². The number of hydrogen-bond acceptors (Lipinski definition) is 5. The van der Waals surface area contributed by atoms with Gasteiger partial charge in [-0.15, -0.1) is 0 Å². The highest BCUT2D eigenvalue weighted by Gasteiger charge is 2.25. The maximum Gasteiger partial charge on any atom is 0.339 e. The van der Waals surface area contributed by atoms with E-state index in [9.17, 15) is 14.4 Å². The van der Waals surface area contributed by atoms with Crippen molar-refractivity contribution in [3.05, 3.63) is 52.3 Å². The Morgan fingerprint density at radius 2 is 1.89 bits per heavy atom. The molecule has 0 saturated carbocycles. The summed E-state index contributed by atoms with van der Waals surface area (Å²) in [6.07, 6.45) is -0.0422. The van der Waals surface area contributed by atoms with Crippen LogP contribution in [-0.2, 0) is 16.0 Å². The van der Waals surface area contributed by atoms with E-state index in [1.807, 2.05) is 31.2 Å². The number of likely N-dealkylation sites (N-methyl/N-ethyl adjacent to an activating group) is 1. The monoisotopic (exact) mass is 386 g/mol. The Balaban J connectivity index is 2.04. The summed E-state index contributed by atoms with van der Waals surface area (Å²) in [5, 5.41) is 0. The van der Waals surface area contributed by atoms with Gasteiger partial charge in [0.05, 0.1) is 31.3 Å². The van der Waals surface area contributed by atoms with E-state index in [4.69, 9.17) is 9.47 Å². The summed E-state index contributed by atoms with van der Waals surface area (Å²) in [5.74, 6) is -0.231. The molecule has 0 aliphatic heterocycles. The first-order valence-electron chi connectivity index (χ1n) is 8.98. The molecule has 7 nitrogen and oxygen atoms in total. The summed E-state index contributed by atoms with van der Waals surface area (Å²) in [7, 11) is 2.93. The fourth-order valence-electron chi connectivity index (χ4n) is 2.94. The number of rotatable bonds is 8. The number of Topliss-reactive ketones (excluding diaryl/α,β-unsaturated/α-hetero) is 1. The number of esters is 1. The van der Waals surface area contributed by atoms with Gasteiger partial charge in [-0.3, -0.25) is 9.59 Å². The molecule has 1 N–H and O–H groups in total. The Labute approximate surface area is 164 Å². The Morgan fingerprint density at radius 3 is 2.50 bits per heavy atom. The second-order valence-electron chi connectivity index (χ2n) is 6.68. The van der Waals surface area contributed by atoms with E-state index in [2.05, 4.69) is 4.98 Å². The topological polar surface area (TPSA) is 88.7 Å². The van der Waals surface area contributed by atoms with Gasteiger partial charge in [0.1, 0.15) is 12.4 Å². The normalized spacial score (nSPS) is 10.5. The van der Waals surface area contributed by atoms with Gasteiger partial charge < -0.3 is 19.4 Å². The number of aromatic nitrogens is 1. The summed E-state index contributed by atoms with van der Waals surface area (Å²) >= 11 is 0. The molecule has 28 heavy (non-hydrogen) atoms. The molecular formula is C21H26N2O5. The Morgan fingerprint density at radius 1 is 1.18 bits per heavy atom. The predicted octanol–water partition coefficient (Wildman–Crippen LogP) is 2.70. The van der Waals surface area contributed by atoms with Gasteiger partial charge >= 0.3 is 5.97 Å². The number of nitrogens with zero attached hydrogens (tertiary/aromatic N) is 1. The molecule has 0 spiro atoms. The Hall–Kier alpha value is -3.09. The van der Waals surface area contributed by atoms with Gasteiger partial charge in [0, 0.05) is 19.7 Å². The average Bonchev–Trinajstić information content (AvgIpc) is 2.97. The van der Waals surface area contributed by atoms with Crippen LogP contribution in [0.4, 0.5) is 0 Å². The fourth-order valence-corrected chi connectivity index (χ4v) is 2.94. The molecule has 1 heterocycles. The van der Waals surface area contributed by atoms with Gasteiger partial charge in [-0.25, -0.2) is 4.79 Å². The minimum absolute atomic E-state index is 0.0422. The minimum atomic E-state index is -0.575. The van der Waals surface area contributed by atoms with Crippen LogP contribution in [0.15, 0.2) is 24.3 Å².